The van der Waals surface area contributed by atoms with Gasteiger partial charge in [-0.25, -0.2) is 9.37 Å². The van der Waals surface area contributed by atoms with Crippen molar-refractivity contribution in [3.8, 4) is 5.75 Å². The molecule has 0 bridgehead atoms. The second kappa shape index (κ2) is 5.53. The fourth-order valence-electron chi connectivity index (χ4n) is 2.50. The molecule has 0 saturated carbocycles. The van der Waals surface area contributed by atoms with Crippen molar-refractivity contribution in [3.63, 3.8) is 0 Å². The molecule has 1 aliphatic rings. The number of fused-ring (bicyclic) bond motifs is 1. The van der Waals surface area contributed by atoms with Crippen molar-refractivity contribution in [3.05, 3.63) is 48.5 Å². The van der Waals surface area contributed by atoms with E-state index in [0.29, 0.717) is 12.5 Å². The van der Waals surface area contributed by atoms with Crippen LogP contribution in [0.3, 0.4) is 0 Å². The van der Waals surface area contributed by atoms with Crippen LogP contribution < -0.4 is 9.64 Å². The largest absolute Gasteiger partial charge is 0.492 e. The van der Waals surface area contributed by atoms with Crippen molar-refractivity contribution in [2.75, 3.05) is 24.6 Å². The highest BCUT2D eigenvalue weighted by atomic mass is 32.1. The minimum absolute atomic E-state index is 0.214. The van der Waals surface area contributed by atoms with E-state index < -0.39 is 0 Å². The molecule has 0 aliphatic carbocycles. The highest BCUT2D eigenvalue weighted by molar-refractivity contribution is 7.22. The normalized spacial score (nSPS) is 15.0. The number of hydrogen-bond acceptors (Lipinski definition) is 5. The molecule has 3 aromatic rings. The van der Waals surface area contributed by atoms with Crippen LogP contribution in [-0.4, -0.2) is 29.7 Å². The number of benzene rings is 1. The van der Waals surface area contributed by atoms with Crippen LogP contribution in [0.4, 0.5) is 9.52 Å². The zero-order valence-electron chi connectivity index (χ0n) is 11.8. The first-order valence-electron chi connectivity index (χ1n) is 7.12. The number of thiazole rings is 1. The highest BCUT2D eigenvalue weighted by Gasteiger charge is 2.29. The highest BCUT2D eigenvalue weighted by Crippen LogP contribution is 2.33. The van der Waals surface area contributed by atoms with E-state index in [0.717, 1.165) is 34.2 Å². The first-order valence-corrected chi connectivity index (χ1v) is 7.93. The molecule has 4 nitrogen and oxygen atoms in total. The Labute approximate surface area is 131 Å². The molecule has 0 spiro atoms. The second-order valence-electron chi connectivity index (χ2n) is 5.38. The topological polar surface area (TPSA) is 38.2 Å². The van der Waals surface area contributed by atoms with Crippen LogP contribution in [0.2, 0.25) is 0 Å². The first kappa shape index (κ1) is 13.5. The quantitative estimate of drug-likeness (QED) is 0.740. The maximum Gasteiger partial charge on any atom is 0.186 e. The van der Waals surface area contributed by atoms with Crippen LogP contribution in [0.25, 0.3) is 10.2 Å². The number of hydrogen-bond donors (Lipinski definition) is 0. The van der Waals surface area contributed by atoms with Crippen LogP contribution in [-0.2, 0) is 0 Å². The zero-order valence-corrected chi connectivity index (χ0v) is 12.6. The van der Waals surface area contributed by atoms with Gasteiger partial charge in [-0.3, -0.25) is 4.98 Å². The van der Waals surface area contributed by atoms with Gasteiger partial charge in [-0.1, -0.05) is 11.3 Å². The Morgan fingerprint density at radius 3 is 3.05 bits per heavy atom. The van der Waals surface area contributed by atoms with E-state index in [1.165, 1.54) is 17.4 Å². The Bertz CT molecular complexity index is 786. The number of halogens is 1. The van der Waals surface area contributed by atoms with E-state index in [4.69, 9.17) is 4.74 Å². The number of nitrogens with zero attached hydrogens (tertiary/aromatic N) is 3. The van der Waals surface area contributed by atoms with Gasteiger partial charge in [0.2, 0.25) is 0 Å². The van der Waals surface area contributed by atoms with E-state index >= 15 is 0 Å². The summed E-state index contributed by atoms with van der Waals surface area (Å²) in [6.45, 7) is 2.52. The summed E-state index contributed by atoms with van der Waals surface area (Å²) in [4.78, 5) is 10.8. The van der Waals surface area contributed by atoms with Crippen molar-refractivity contribution in [2.45, 2.75) is 0 Å². The van der Waals surface area contributed by atoms with Gasteiger partial charge in [0.15, 0.2) is 5.13 Å². The number of pyridine rings is 1. The van der Waals surface area contributed by atoms with Gasteiger partial charge in [-0.15, -0.1) is 0 Å². The molecule has 6 heteroatoms. The Morgan fingerprint density at radius 2 is 2.23 bits per heavy atom. The Hall–Kier alpha value is -2.21. The lowest BCUT2D eigenvalue weighted by atomic mass is 10.0. The number of ether oxygens (including phenoxy) is 1. The molecule has 3 heterocycles. The summed E-state index contributed by atoms with van der Waals surface area (Å²) >= 11 is 1.54. The average Bonchev–Trinajstić information content (AvgIpc) is 2.89. The van der Waals surface area contributed by atoms with E-state index in [9.17, 15) is 4.39 Å². The van der Waals surface area contributed by atoms with E-state index in [2.05, 4.69) is 14.9 Å². The number of rotatable bonds is 4. The third-order valence-corrected chi connectivity index (χ3v) is 4.77. The Kier molecular flexibility index (Phi) is 3.38. The summed E-state index contributed by atoms with van der Waals surface area (Å²) in [7, 11) is 0. The van der Waals surface area contributed by atoms with Crippen LogP contribution in [0.5, 0.6) is 5.75 Å². The van der Waals surface area contributed by atoms with Gasteiger partial charge in [0, 0.05) is 25.2 Å². The van der Waals surface area contributed by atoms with Gasteiger partial charge in [-0.2, -0.15) is 0 Å². The maximum absolute atomic E-state index is 13.2. The third-order valence-electron chi connectivity index (χ3n) is 3.69. The molecule has 0 N–H and O–H groups in total. The molecule has 112 valence electrons. The lowest BCUT2D eigenvalue weighted by molar-refractivity contribution is 0.220. The van der Waals surface area contributed by atoms with Crippen LogP contribution in [0.1, 0.15) is 0 Å². The first-order chi connectivity index (χ1) is 10.8. The molecular formula is C16H14FN3OS. The number of anilines is 1. The van der Waals surface area contributed by atoms with Gasteiger partial charge in [0.05, 0.1) is 23.0 Å². The molecule has 1 fully saturated rings. The van der Waals surface area contributed by atoms with Gasteiger partial charge in [0.1, 0.15) is 11.6 Å². The van der Waals surface area contributed by atoms with Gasteiger partial charge >= 0.3 is 0 Å². The summed E-state index contributed by atoms with van der Waals surface area (Å²) in [5, 5.41) is 0.957. The lowest BCUT2D eigenvalue weighted by Crippen LogP contribution is -2.49. The minimum atomic E-state index is -0.214. The predicted molar refractivity (Wildman–Crippen MR) is 85.0 cm³/mol. The van der Waals surface area contributed by atoms with Crippen LogP contribution in [0.15, 0.2) is 42.7 Å². The lowest BCUT2D eigenvalue weighted by Gasteiger charge is -2.38. The molecule has 22 heavy (non-hydrogen) atoms. The summed E-state index contributed by atoms with van der Waals surface area (Å²) in [5.74, 6) is 1.08. The van der Waals surface area contributed by atoms with Crippen LogP contribution in [0, 0.1) is 11.7 Å². The van der Waals surface area contributed by atoms with Gasteiger partial charge in [0.25, 0.3) is 0 Å². The molecule has 0 atom stereocenters. The molecule has 1 saturated heterocycles. The smallest absolute Gasteiger partial charge is 0.186 e. The third kappa shape index (κ3) is 2.62. The zero-order chi connectivity index (χ0) is 14.9. The number of aromatic nitrogens is 2. The molecule has 1 aromatic carbocycles. The SMILES string of the molecule is Fc1ccc2nc(N3CC(COc4cccnc4)C3)sc2c1. The van der Waals surface area contributed by atoms with Crippen molar-refractivity contribution >= 4 is 26.7 Å². The summed E-state index contributed by atoms with van der Waals surface area (Å²) < 4.78 is 19.8. The average molecular weight is 315 g/mol. The van der Waals surface area contributed by atoms with Gasteiger partial charge < -0.3 is 9.64 Å². The van der Waals surface area contributed by atoms with Crippen molar-refractivity contribution in [2.24, 2.45) is 5.92 Å². The van der Waals surface area contributed by atoms with E-state index in [1.54, 1.807) is 24.5 Å². The molecular weight excluding hydrogens is 301 g/mol. The van der Waals surface area contributed by atoms with E-state index in [1.807, 2.05) is 12.1 Å². The van der Waals surface area contributed by atoms with Crippen molar-refractivity contribution < 1.29 is 9.13 Å². The molecule has 2 aromatic heterocycles. The predicted octanol–water partition coefficient (Wildman–Crippen LogP) is 3.35. The second-order valence-corrected chi connectivity index (χ2v) is 6.39. The van der Waals surface area contributed by atoms with E-state index in [-0.39, 0.29) is 5.82 Å². The van der Waals surface area contributed by atoms with Gasteiger partial charge in [-0.05, 0) is 30.3 Å². The fourth-order valence-corrected chi connectivity index (χ4v) is 3.51. The van der Waals surface area contributed by atoms with Crippen molar-refractivity contribution in [1.82, 2.24) is 9.97 Å². The molecule has 0 unspecified atom stereocenters. The molecule has 4 rings (SSSR count). The fraction of sp³-hybridized carbons (Fsp3) is 0.250. The van der Waals surface area contributed by atoms with Crippen LogP contribution >= 0.6 is 11.3 Å². The Morgan fingerprint density at radius 1 is 1.32 bits per heavy atom. The van der Waals surface area contributed by atoms with Crippen molar-refractivity contribution in [1.29, 1.82) is 0 Å². The maximum atomic E-state index is 13.2. The standard InChI is InChI=1S/C16H14FN3OS/c17-12-3-4-14-15(6-12)22-16(19-14)20-8-11(9-20)10-21-13-2-1-5-18-7-13/h1-7,11H,8-10H2. The summed E-state index contributed by atoms with van der Waals surface area (Å²) in [6.07, 6.45) is 3.45. The minimum Gasteiger partial charge on any atom is -0.492 e. The summed E-state index contributed by atoms with van der Waals surface area (Å²) in [5.41, 5.74) is 0.858. The molecule has 0 amide bonds. The monoisotopic (exact) mass is 315 g/mol. The molecule has 1 aliphatic heterocycles. The molecule has 0 radical (unpaired) electrons. The Balaban J connectivity index is 1.36. The summed E-state index contributed by atoms with van der Waals surface area (Å²) in [6, 6.07) is 8.49.